The number of fused-ring (bicyclic) bond motifs is 2. The number of hydrogen-bond acceptors (Lipinski definition) is 4. The van der Waals surface area contributed by atoms with E-state index in [-0.39, 0.29) is 0 Å². The molecule has 2 saturated heterocycles. The Bertz CT molecular complexity index is 371. The number of hydrogen-bond donors (Lipinski definition) is 1. The Balaban J connectivity index is 1.79. The normalized spacial score (nSPS) is 33.7. The predicted octanol–water partition coefficient (Wildman–Crippen LogP) is 0.913. The highest BCUT2D eigenvalue weighted by molar-refractivity contribution is 6.29. The second-order valence-electron chi connectivity index (χ2n) is 4.47. The van der Waals surface area contributed by atoms with Crippen LogP contribution in [0.5, 0.6) is 0 Å². The van der Waals surface area contributed by atoms with Crippen molar-refractivity contribution >= 4 is 17.3 Å². The Kier molecular flexibility index (Phi) is 2.07. The van der Waals surface area contributed by atoms with Gasteiger partial charge in [-0.1, -0.05) is 11.6 Å². The third-order valence-corrected chi connectivity index (χ3v) is 3.76. The van der Waals surface area contributed by atoms with Gasteiger partial charge in [0.25, 0.3) is 0 Å². The summed E-state index contributed by atoms with van der Waals surface area (Å²) in [5, 5.41) is 8.06. The first-order valence-electron chi connectivity index (χ1n) is 5.23. The fourth-order valence-electron chi connectivity index (χ4n) is 2.64. The largest absolute Gasteiger partial charge is 0.369 e. The summed E-state index contributed by atoms with van der Waals surface area (Å²) in [6, 6.07) is 2.27. The summed E-state index contributed by atoms with van der Waals surface area (Å²) in [6.07, 6.45) is 3.05. The average Bonchev–Trinajstić information content (AvgIpc) is 2.28. The van der Waals surface area contributed by atoms with E-state index in [4.69, 9.17) is 17.3 Å². The van der Waals surface area contributed by atoms with Gasteiger partial charge in [-0.25, -0.2) is 0 Å². The summed E-state index contributed by atoms with van der Waals surface area (Å²) in [4.78, 5) is 2.31. The SMILES string of the molecule is NC1C2CC1CN(c1cnnc(Cl)c1)C2. The van der Waals surface area contributed by atoms with E-state index >= 15 is 0 Å². The standard InChI is InChI=1S/C10H13ClN4/c11-9-2-8(3-13-14-9)15-4-6-1-7(5-15)10(6)12/h2-3,6-7,10H,1,4-5,12H2. The summed E-state index contributed by atoms with van der Waals surface area (Å²) in [5.41, 5.74) is 7.08. The van der Waals surface area contributed by atoms with E-state index in [1.165, 1.54) is 6.42 Å². The molecule has 4 rings (SSSR count). The molecule has 3 aliphatic rings. The molecular formula is C10H13ClN4. The zero-order valence-electron chi connectivity index (χ0n) is 8.31. The van der Waals surface area contributed by atoms with Crippen LogP contribution in [0.15, 0.2) is 12.3 Å². The lowest BCUT2D eigenvalue weighted by molar-refractivity contribution is 0.116. The highest BCUT2D eigenvalue weighted by atomic mass is 35.5. The summed E-state index contributed by atoms with van der Waals surface area (Å²) in [7, 11) is 0. The van der Waals surface area contributed by atoms with E-state index in [2.05, 4.69) is 15.1 Å². The Morgan fingerprint density at radius 3 is 2.73 bits per heavy atom. The molecule has 2 N–H and O–H groups in total. The zero-order chi connectivity index (χ0) is 10.4. The van der Waals surface area contributed by atoms with Crippen molar-refractivity contribution in [3.8, 4) is 0 Å². The molecule has 2 unspecified atom stereocenters. The van der Waals surface area contributed by atoms with E-state index in [1.54, 1.807) is 6.20 Å². The molecule has 1 aromatic rings. The Morgan fingerprint density at radius 2 is 2.13 bits per heavy atom. The van der Waals surface area contributed by atoms with E-state index in [1.807, 2.05) is 6.07 Å². The van der Waals surface area contributed by atoms with Gasteiger partial charge in [-0.3, -0.25) is 0 Å². The van der Waals surface area contributed by atoms with Gasteiger partial charge < -0.3 is 10.6 Å². The van der Waals surface area contributed by atoms with Gasteiger partial charge in [-0.05, 0) is 18.3 Å². The van der Waals surface area contributed by atoms with Crippen LogP contribution in [0.1, 0.15) is 6.42 Å². The Morgan fingerprint density at radius 1 is 1.40 bits per heavy atom. The van der Waals surface area contributed by atoms with Gasteiger partial charge in [-0.15, -0.1) is 5.10 Å². The van der Waals surface area contributed by atoms with Crippen LogP contribution in [0, 0.1) is 11.8 Å². The van der Waals surface area contributed by atoms with Gasteiger partial charge in [0, 0.05) is 25.2 Å². The molecule has 2 atom stereocenters. The van der Waals surface area contributed by atoms with Crippen molar-refractivity contribution in [2.24, 2.45) is 17.6 Å². The summed E-state index contributed by atoms with van der Waals surface area (Å²) in [6.45, 7) is 2.05. The van der Waals surface area contributed by atoms with Gasteiger partial charge in [-0.2, -0.15) is 5.10 Å². The van der Waals surface area contributed by atoms with Crippen molar-refractivity contribution in [2.45, 2.75) is 12.5 Å². The van der Waals surface area contributed by atoms with Gasteiger partial charge in [0.1, 0.15) is 0 Å². The fourth-order valence-corrected chi connectivity index (χ4v) is 2.80. The molecule has 0 spiro atoms. The molecule has 1 aliphatic carbocycles. The van der Waals surface area contributed by atoms with E-state index in [0.29, 0.717) is 23.0 Å². The van der Waals surface area contributed by atoms with E-state index in [0.717, 1.165) is 18.8 Å². The highest BCUT2D eigenvalue weighted by Crippen LogP contribution is 2.40. The third-order valence-electron chi connectivity index (χ3n) is 3.58. The number of nitrogens with zero attached hydrogens (tertiary/aromatic N) is 3. The van der Waals surface area contributed by atoms with Gasteiger partial charge in [0.15, 0.2) is 5.15 Å². The first kappa shape index (κ1) is 9.36. The number of anilines is 1. The first-order valence-corrected chi connectivity index (χ1v) is 5.60. The van der Waals surface area contributed by atoms with Crippen LogP contribution < -0.4 is 10.6 Å². The molecular weight excluding hydrogens is 212 g/mol. The van der Waals surface area contributed by atoms with Crippen molar-refractivity contribution in [1.82, 2.24) is 10.2 Å². The Hall–Kier alpha value is -0.870. The number of aromatic nitrogens is 2. The zero-order valence-corrected chi connectivity index (χ0v) is 9.06. The van der Waals surface area contributed by atoms with Crippen LogP contribution in [-0.4, -0.2) is 29.3 Å². The third kappa shape index (κ3) is 1.48. The van der Waals surface area contributed by atoms with Gasteiger partial charge in [0.05, 0.1) is 11.9 Å². The second kappa shape index (κ2) is 3.32. The topological polar surface area (TPSA) is 55.0 Å². The molecule has 80 valence electrons. The molecule has 2 aliphatic heterocycles. The van der Waals surface area contributed by atoms with Crippen LogP contribution in [0.4, 0.5) is 5.69 Å². The molecule has 3 heterocycles. The van der Waals surface area contributed by atoms with Gasteiger partial charge in [0.2, 0.25) is 0 Å². The fraction of sp³-hybridized carbons (Fsp3) is 0.600. The number of halogens is 1. The van der Waals surface area contributed by atoms with Crippen LogP contribution >= 0.6 is 11.6 Å². The molecule has 4 nitrogen and oxygen atoms in total. The van der Waals surface area contributed by atoms with Gasteiger partial charge >= 0.3 is 0 Å². The van der Waals surface area contributed by atoms with E-state index in [9.17, 15) is 0 Å². The van der Waals surface area contributed by atoms with Crippen molar-refractivity contribution in [3.05, 3.63) is 17.4 Å². The molecule has 0 aromatic carbocycles. The molecule has 3 fully saturated rings. The monoisotopic (exact) mass is 224 g/mol. The summed E-state index contributed by atoms with van der Waals surface area (Å²) < 4.78 is 0. The lowest BCUT2D eigenvalue weighted by atomic mass is 9.67. The lowest BCUT2D eigenvalue weighted by Gasteiger charge is -2.52. The number of nitrogens with two attached hydrogens (primary N) is 1. The summed E-state index contributed by atoms with van der Waals surface area (Å²) >= 11 is 5.82. The molecule has 0 radical (unpaired) electrons. The lowest BCUT2D eigenvalue weighted by Crippen LogP contribution is -2.62. The average molecular weight is 225 g/mol. The predicted molar refractivity (Wildman–Crippen MR) is 58.8 cm³/mol. The summed E-state index contributed by atoms with van der Waals surface area (Å²) in [5.74, 6) is 1.30. The minimum absolute atomic E-state index is 0.409. The number of rotatable bonds is 1. The van der Waals surface area contributed by atoms with E-state index < -0.39 is 0 Å². The van der Waals surface area contributed by atoms with Crippen LogP contribution in [0.2, 0.25) is 5.15 Å². The minimum atomic E-state index is 0.409. The molecule has 15 heavy (non-hydrogen) atoms. The highest BCUT2D eigenvalue weighted by Gasteiger charge is 2.44. The molecule has 1 saturated carbocycles. The number of piperidine rings is 2. The molecule has 0 amide bonds. The smallest absolute Gasteiger partial charge is 0.153 e. The second-order valence-corrected chi connectivity index (χ2v) is 4.86. The maximum absolute atomic E-state index is 6.02. The maximum atomic E-state index is 6.02. The maximum Gasteiger partial charge on any atom is 0.153 e. The Labute approximate surface area is 93.4 Å². The first-order chi connectivity index (χ1) is 7.24. The van der Waals surface area contributed by atoms with Crippen LogP contribution in [0.3, 0.4) is 0 Å². The quantitative estimate of drug-likeness (QED) is 0.771. The van der Waals surface area contributed by atoms with Crippen LogP contribution in [0.25, 0.3) is 0 Å². The van der Waals surface area contributed by atoms with Crippen molar-refractivity contribution in [3.63, 3.8) is 0 Å². The molecule has 1 aromatic heterocycles. The van der Waals surface area contributed by atoms with Crippen molar-refractivity contribution < 1.29 is 0 Å². The molecule has 5 heteroatoms. The van der Waals surface area contributed by atoms with Crippen molar-refractivity contribution in [2.75, 3.05) is 18.0 Å². The molecule has 2 bridgehead atoms. The van der Waals surface area contributed by atoms with Crippen molar-refractivity contribution in [1.29, 1.82) is 0 Å². The van der Waals surface area contributed by atoms with Crippen LogP contribution in [-0.2, 0) is 0 Å². The minimum Gasteiger partial charge on any atom is -0.369 e.